The molecule has 0 bridgehead atoms. The number of hydrogen-bond acceptors (Lipinski definition) is 6. The lowest BCUT2D eigenvalue weighted by molar-refractivity contribution is -0.131. The quantitative estimate of drug-likeness (QED) is 0.528. The largest absolute Gasteiger partial charge is 0.496 e. The number of likely N-dealkylation sites (N-methyl/N-ethyl adjacent to an activating group) is 1. The number of piperidine rings is 1. The predicted octanol–water partition coefficient (Wildman–Crippen LogP) is 3.83. The van der Waals surface area contributed by atoms with Crippen molar-refractivity contribution in [2.45, 2.75) is 38.6 Å². The summed E-state index contributed by atoms with van der Waals surface area (Å²) >= 11 is 0. The summed E-state index contributed by atoms with van der Waals surface area (Å²) in [6, 6.07) is 13.0. The maximum Gasteiger partial charge on any atom is 0.227 e. The highest BCUT2D eigenvalue weighted by atomic mass is 16.5. The Morgan fingerprint density at radius 3 is 2.29 bits per heavy atom. The van der Waals surface area contributed by atoms with E-state index in [0.29, 0.717) is 13.0 Å². The second kappa shape index (κ2) is 12.4. The van der Waals surface area contributed by atoms with E-state index in [1.165, 1.54) is 35.3 Å². The fourth-order valence-corrected chi connectivity index (χ4v) is 6.25. The van der Waals surface area contributed by atoms with Crippen LogP contribution in [-0.2, 0) is 28.9 Å². The highest BCUT2D eigenvalue weighted by molar-refractivity contribution is 5.80. The molecule has 0 N–H and O–H groups in total. The molecule has 0 radical (unpaired) electrons. The molecule has 0 atom stereocenters. The van der Waals surface area contributed by atoms with Crippen molar-refractivity contribution in [2.24, 2.45) is 5.92 Å². The predicted molar refractivity (Wildman–Crippen MR) is 153 cm³/mol. The van der Waals surface area contributed by atoms with Gasteiger partial charge in [0.1, 0.15) is 5.75 Å². The molecule has 2 fully saturated rings. The molecule has 0 saturated carbocycles. The monoisotopic (exact) mass is 520 g/mol. The molecular formula is C31H44N4O3. The van der Waals surface area contributed by atoms with Crippen molar-refractivity contribution in [2.75, 3.05) is 83.5 Å². The van der Waals surface area contributed by atoms with Crippen LogP contribution in [0.15, 0.2) is 36.4 Å². The number of ether oxygens (including phenoxy) is 2. The Morgan fingerprint density at radius 2 is 1.61 bits per heavy atom. The van der Waals surface area contributed by atoms with Crippen LogP contribution in [0.1, 0.15) is 36.0 Å². The molecule has 206 valence electrons. The summed E-state index contributed by atoms with van der Waals surface area (Å²) in [6.07, 6.45) is 4.89. The van der Waals surface area contributed by atoms with Gasteiger partial charge in [0.05, 0.1) is 13.5 Å². The van der Waals surface area contributed by atoms with E-state index in [9.17, 15) is 4.79 Å². The van der Waals surface area contributed by atoms with Gasteiger partial charge in [-0.3, -0.25) is 4.79 Å². The molecule has 0 spiro atoms. The fraction of sp³-hybridized carbons (Fsp3) is 0.581. The lowest BCUT2D eigenvalue weighted by Crippen LogP contribution is -2.45. The Hall–Kier alpha value is -2.77. The summed E-state index contributed by atoms with van der Waals surface area (Å²) in [7, 11) is 5.71. The topological polar surface area (TPSA) is 48.5 Å². The molecule has 7 nitrogen and oxygen atoms in total. The minimum absolute atomic E-state index is 0.203. The molecule has 0 unspecified atom stereocenters. The van der Waals surface area contributed by atoms with Crippen molar-refractivity contribution in [1.82, 2.24) is 9.80 Å². The van der Waals surface area contributed by atoms with Crippen molar-refractivity contribution in [1.29, 1.82) is 0 Å². The second-order valence-electron chi connectivity index (χ2n) is 11.2. The molecule has 7 heteroatoms. The molecule has 0 aromatic heterocycles. The first kappa shape index (κ1) is 26.8. The van der Waals surface area contributed by atoms with Gasteiger partial charge in [-0.1, -0.05) is 12.1 Å². The Bertz CT molecular complexity index is 1070. The van der Waals surface area contributed by atoms with Gasteiger partial charge in [0.2, 0.25) is 5.91 Å². The minimum atomic E-state index is 0.203. The summed E-state index contributed by atoms with van der Waals surface area (Å²) in [5.74, 6) is 1.92. The van der Waals surface area contributed by atoms with E-state index in [0.717, 1.165) is 82.5 Å². The first-order valence-electron chi connectivity index (χ1n) is 14.3. The van der Waals surface area contributed by atoms with Crippen molar-refractivity contribution in [3.63, 3.8) is 0 Å². The minimum Gasteiger partial charge on any atom is -0.496 e. The van der Waals surface area contributed by atoms with Gasteiger partial charge in [-0.25, -0.2) is 0 Å². The standard InChI is InChI=1S/C31H44N4O3/c1-32-17-19-34(20-18-32)29-8-9-30(38-3)27-12-16-35(23-28(27)29)31(36)22-25-4-6-26(7-5-25)33-14-10-24(11-15-33)13-21-37-2/h4-9,24H,10-23H2,1-3H3. The van der Waals surface area contributed by atoms with Crippen LogP contribution in [0, 0.1) is 5.92 Å². The maximum atomic E-state index is 13.4. The zero-order valence-electron chi connectivity index (χ0n) is 23.5. The number of rotatable bonds is 8. The molecule has 3 heterocycles. The molecular weight excluding hydrogens is 476 g/mol. The summed E-state index contributed by atoms with van der Waals surface area (Å²) in [5, 5.41) is 0. The van der Waals surface area contributed by atoms with Gasteiger partial charge < -0.3 is 29.1 Å². The van der Waals surface area contributed by atoms with Crippen LogP contribution >= 0.6 is 0 Å². The van der Waals surface area contributed by atoms with E-state index in [-0.39, 0.29) is 5.91 Å². The molecule has 2 aromatic carbocycles. The SMILES string of the molecule is COCCC1CCN(c2ccc(CC(=O)N3CCc4c(OC)ccc(N5CCN(C)CC5)c4C3)cc2)CC1. The average Bonchev–Trinajstić information content (AvgIpc) is 2.96. The van der Waals surface area contributed by atoms with E-state index >= 15 is 0 Å². The zero-order chi connectivity index (χ0) is 26.5. The summed E-state index contributed by atoms with van der Waals surface area (Å²) in [4.78, 5) is 22.8. The van der Waals surface area contributed by atoms with Gasteiger partial charge >= 0.3 is 0 Å². The van der Waals surface area contributed by atoms with Crippen LogP contribution in [0.3, 0.4) is 0 Å². The number of amides is 1. The number of methoxy groups -OCH3 is 2. The van der Waals surface area contributed by atoms with Crippen LogP contribution in [0.4, 0.5) is 11.4 Å². The molecule has 3 aliphatic heterocycles. The first-order valence-corrected chi connectivity index (χ1v) is 14.3. The van der Waals surface area contributed by atoms with E-state index in [1.807, 2.05) is 4.90 Å². The third-order valence-electron chi connectivity index (χ3n) is 8.76. The van der Waals surface area contributed by atoms with Gasteiger partial charge in [0, 0.05) is 88.6 Å². The van der Waals surface area contributed by atoms with Gasteiger partial charge in [-0.05, 0) is 68.5 Å². The number of anilines is 2. The Balaban J connectivity index is 1.21. The number of carbonyl (C=O) groups is 1. The van der Waals surface area contributed by atoms with E-state index in [2.05, 4.69) is 58.1 Å². The molecule has 1 amide bonds. The van der Waals surface area contributed by atoms with Crippen LogP contribution in [0.5, 0.6) is 5.75 Å². The van der Waals surface area contributed by atoms with E-state index in [4.69, 9.17) is 9.47 Å². The molecule has 2 saturated heterocycles. The number of benzene rings is 2. The highest BCUT2D eigenvalue weighted by Crippen LogP contribution is 2.36. The lowest BCUT2D eigenvalue weighted by Gasteiger charge is -2.38. The molecule has 38 heavy (non-hydrogen) atoms. The molecule has 0 aliphatic carbocycles. The normalized spacial score (nSPS) is 19.0. The summed E-state index contributed by atoms with van der Waals surface area (Å²) in [6.45, 7) is 8.60. The lowest BCUT2D eigenvalue weighted by atomic mass is 9.93. The van der Waals surface area contributed by atoms with Gasteiger partial charge in [-0.2, -0.15) is 0 Å². The summed E-state index contributed by atoms with van der Waals surface area (Å²) < 4.78 is 11.0. The maximum absolute atomic E-state index is 13.4. The van der Waals surface area contributed by atoms with Crippen LogP contribution in [-0.4, -0.2) is 89.4 Å². The van der Waals surface area contributed by atoms with E-state index in [1.54, 1.807) is 14.2 Å². The van der Waals surface area contributed by atoms with Crippen molar-refractivity contribution >= 4 is 17.3 Å². The van der Waals surface area contributed by atoms with Gasteiger partial charge in [-0.15, -0.1) is 0 Å². The average molecular weight is 521 g/mol. The van der Waals surface area contributed by atoms with Gasteiger partial charge in [0.25, 0.3) is 0 Å². The number of nitrogens with zero attached hydrogens (tertiary/aromatic N) is 4. The Morgan fingerprint density at radius 1 is 0.868 bits per heavy atom. The third-order valence-corrected chi connectivity index (χ3v) is 8.76. The smallest absolute Gasteiger partial charge is 0.227 e. The third kappa shape index (κ3) is 6.10. The van der Waals surface area contributed by atoms with Crippen molar-refractivity contribution in [3.8, 4) is 5.75 Å². The Labute approximate surface area is 228 Å². The fourth-order valence-electron chi connectivity index (χ4n) is 6.25. The van der Waals surface area contributed by atoms with Crippen LogP contribution in [0.25, 0.3) is 0 Å². The zero-order valence-corrected chi connectivity index (χ0v) is 23.5. The summed E-state index contributed by atoms with van der Waals surface area (Å²) in [5.41, 5.74) is 6.15. The Kier molecular flexibility index (Phi) is 8.75. The molecule has 2 aromatic rings. The van der Waals surface area contributed by atoms with Gasteiger partial charge in [0.15, 0.2) is 0 Å². The van der Waals surface area contributed by atoms with Crippen LogP contribution in [0.2, 0.25) is 0 Å². The van der Waals surface area contributed by atoms with Crippen molar-refractivity contribution in [3.05, 3.63) is 53.1 Å². The number of piperazine rings is 1. The molecule has 3 aliphatic rings. The second-order valence-corrected chi connectivity index (χ2v) is 11.2. The van der Waals surface area contributed by atoms with Crippen LogP contribution < -0.4 is 14.5 Å². The first-order chi connectivity index (χ1) is 18.6. The van der Waals surface area contributed by atoms with Crippen molar-refractivity contribution < 1.29 is 14.3 Å². The number of fused-ring (bicyclic) bond motifs is 1. The molecule has 5 rings (SSSR count). The number of carbonyl (C=O) groups excluding carboxylic acids is 1. The highest BCUT2D eigenvalue weighted by Gasteiger charge is 2.28. The van der Waals surface area contributed by atoms with E-state index < -0.39 is 0 Å². The number of hydrogen-bond donors (Lipinski definition) is 0.